The Labute approximate surface area is 105 Å². The van der Waals surface area contributed by atoms with Crippen LogP contribution in [0.15, 0.2) is 12.1 Å². The second-order valence-electron chi connectivity index (χ2n) is 3.84. The lowest BCUT2D eigenvalue weighted by atomic mass is 10.1. The normalized spacial score (nSPS) is 13.4. The molecule has 1 N–H and O–H groups in total. The highest BCUT2D eigenvalue weighted by Crippen LogP contribution is 2.39. The van der Waals surface area contributed by atoms with Crippen LogP contribution in [0, 0.1) is 0 Å². The van der Waals surface area contributed by atoms with Crippen molar-refractivity contribution in [3.05, 3.63) is 29.1 Å². The molecule has 0 spiro atoms. The summed E-state index contributed by atoms with van der Waals surface area (Å²) in [6, 6.07) is 0.155. The average Bonchev–Trinajstić information content (AvgIpc) is 2.68. The standard InChI is InChI=1S/C10H4F8N2/c11-7(12)8-19-5-2-3(9(13,14)15)1-4(6(5)20-8)10(16,17)18/h1-2,7H,(H,19,20). The molecular formula is C10H4F8N2. The van der Waals surface area contributed by atoms with Crippen molar-refractivity contribution in [3.8, 4) is 0 Å². The van der Waals surface area contributed by atoms with Gasteiger partial charge in [0.25, 0.3) is 6.43 Å². The first-order chi connectivity index (χ1) is 9.00. The number of alkyl halides is 8. The number of halogens is 8. The molecule has 0 fully saturated rings. The van der Waals surface area contributed by atoms with Gasteiger partial charge < -0.3 is 4.98 Å². The number of aromatic amines is 1. The SMILES string of the molecule is FC(F)c1nc2c(C(F)(F)F)cc(C(F)(F)F)cc2[nH]1. The molecule has 0 amide bonds. The molecule has 0 aliphatic rings. The number of aromatic nitrogens is 2. The first-order valence-corrected chi connectivity index (χ1v) is 4.96. The molecule has 0 saturated heterocycles. The van der Waals surface area contributed by atoms with Crippen LogP contribution in [0.3, 0.4) is 0 Å². The molecule has 0 bridgehead atoms. The van der Waals surface area contributed by atoms with Crippen molar-refractivity contribution in [1.29, 1.82) is 0 Å². The van der Waals surface area contributed by atoms with Crippen molar-refractivity contribution in [3.63, 3.8) is 0 Å². The Morgan fingerprint density at radius 3 is 2.00 bits per heavy atom. The largest absolute Gasteiger partial charge is 0.418 e. The Morgan fingerprint density at radius 1 is 0.950 bits per heavy atom. The molecule has 1 aromatic heterocycles. The summed E-state index contributed by atoms with van der Waals surface area (Å²) in [5.74, 6) is -1.12. The monoisotopic (exact) mass is 304 g/mol. The molecule has 1 heterocycles. The number of nitrogens with one attached hydrogen (secondary N) is 1. The van der Waals surface area contributed by atoms with Crippen LogP contribution in [0.4, 0.5) is 35.1 Å². The molecule has 110 valence electrons. The molecule has 0 aliphatic heterocycles. The third-order valence-corrected chi connectivity index (χ3v) is 2.44. The van der Waals surface area contributed by atoms with Gasteiger partial charge in [-0.1, -0.05) is 0 Å². The van der Waals surface area contributed by atoms with Crippen LogP contribution >= 0.6 is 0 Å². The quantitative estimate of drug-likeness (QED) is 0.770. The molecule has 0 radical (unpaired) electrons. The number of H-pyrrole nitrogens is 1. The van der Waals surface area contributed by atoms with Crippen molar-refractivity contribution in [2.24, 2.45) is 0 Å². The second kappa shape index (κ2) is 4.32. The van der Waals surface area contributed by atoms with Gasteiger partial charge in [-0.3, -0.25) is 0 Å². The van der Waals surface area contributed by atoms with Crippen molar-refractivity contribution in [2.45, 2.75) is 18.8 Å². The van der Waals surface area contributed by atoms with Gasteiger partial charge in [0.15, 0.2) is 5.82 Å². The van der Waals surface area contributed by atoms with Crippen LogP contribution in [0.5, 0.6) is 0 Å². The first-order valence-electron chi connectivity index (χ1n) is 4.96. The topological polar surface area (TPSA) is 28.7 Å². The summed E-state index contributed by atoms with van der Waals surface area (Å²) in [6.07, 6.45) is -13.4. The first kappa shape index (κ1) is 14.5. The predicted molar refractivity (Wildman–Crippen MR) is 51.1 cm³/mol. The fourth-order valence-electron chi connectivity index (χ4n) is 1.62. The van der Waals surface area contributed by atoms with Gasteiger partial charge in [0.05, 0.1) is 16.6 Å². The Hall–Kier alpha value is -1.87. The van der Waals surface area contributed by atoms with Gasteiger partial charge in [0, 0.05) is 0 Å². The second-order valence-corrected chi connectivity index (χ2v) is 3.84. The minimum Gasteiger partial charge on any atom is -0.337 e. The van der Waals surface area contributed by atoms with Crippen LogP contribution in [-0.2, 0) is 12.4 Å². The van der Waals surface area contributed by atoms with Crippen molar-refractivity contribution in [2.75, 3.05) is 0 Å². The Balaban J connectivity index is 2.79. The third-order valence-electron chi connectivity index (χ3n) is 2.44. The lowest BCUT2D eigenvalue weighted by Crippen LogP contribution is -2.11. The molecule has 0 unspecified atom stereocenters. The van der Waals surface area contributed by atoms with Gasteiger partial charge in [-0.15, -0.1) is 0 Å². The number of benzene rings is 1. The summed E-state index contributed by atoms with van der Waals surface area (Å²) in [4.78, 5) is 4.77. The summed E-state index contributed by atoms with van der Waals surface area (Å²) < 4.78 is 100. The molecule has 0 saturated carbocycles. The van der Waals surface area contributed by atoms with Crippen LogP contribution in [-0.4, -0.2) is 9.97 Å². The summed E-state index contributed by atoms with van der Waals surface area (Å²) in [6.45, 7) is 0. The molecule has 2 nitrogen and oxygen atoms in total. The zero-order chi connectivity index (χ0) is 15.3. The van der Waals surface area contributed by atoms with E-state index in [0.29, 0.717) is 6.07 Å². The number of nitrogens with zero attached hydrogens (tertiary/aromatic N) is 1. The number of rotatable bonds is 1. The van der Waals surface area contributed by atoms with Gasteiger partial charge in [-0.25, -0.2) is 13.8 Å². The Morgan fingerprint density at radius 2 is 1.55 bits per heavy atom. The smallest absolute Gasteiger partial charge is 0.337 e. The predicted octanol–water partition coefficient (Wildman–Crippen LogP) is 4.54. The molecule has 10 heteroatoms. The van der Waals surface area contributed by atoms with E-state index in [0.717, 1.165) is 0 Å². The maximum absolute atomic E-state index is 12.7. The lowest BCUT2D eigenvalue weighted by molar-refractivity contribution is -0.142. The minimum atomic E-state index is -5.14. The zero-order valence-electron chi connectivity index (χ0n) is 9.20. The van der Waals surface area contributed by atoms with E-state index < -0.39 is 46.8 Å². The fraction of sp³-hybridized carbons (Fsp3) is 0.300. The summed E-state index contributed by atoms with van der Waals surface area (Å²) in [7, 11) is 0. The van der Waals surface area contributed by atoms with E-state index in [-0.39, 0.29) is 6.07 Å². The highest BCUT2D eigenvalue weighted by atomic mass is 19.4. The van der Waals surface area contributed by atoms with Crippen molar-refractivity contribution < 1.29 is 35.1 Å². The van der Waals surface area contributed by atoms with E-state index in [1.54, 1.807) is 4.98 Å². The van der Waals surface area contributed by atoms with Gasteiger partial charge in [0.1, 0.15) is 5.52 Å². The van der Waals surface area contributed by atoms with E-state index in [4.69, 9.17) is 0 Å². The highest BCUT2D eigenvalue weighted by Gasteiger charge is 2.39. The Kier molecular flexibility index (Phi) is 3.14. The molecule has 2 rings (SSSR count). The Bertz CT molecular complexity index is 637. The summed E-state index contributed by atoms with van der Waals surface area (Å²) in [5.41, 5.74) is -5.03. The van der Waals surface area contributed by atoms with Gasteiger partial charge >= 0.3 is 12.4 Å². The third kappa shape index (κ3) is 2.54. The van der Waals surface area contributed by atoms with Gasteiger partial charge in [-0.05, 0) is 12.1 Å². The van der Waals surface area contributed by atoms with E-state index in [9.17, 15) is 35.1 Å². The van der Waals surface area contributed by atoms with Crippen LogP contribution in [0.1, 0.15) is 23.4 Å². The molecule has 2 aromatic rings. The number of fused-ring (bicyclic) bond motifs is 1. The van der Waals surface area contributed by atoms with Crippen LogP contribution < -0.4 is 0 Å². The molecule has 20 heavy (non-hydrogen) atoms. The van der Waals surface area contributed by atoms with E-state index in [1.165, 1.54) is 0 Å². The van der Waals surface area contributed by atoms with Gasteiger partial charge in [-0.2, -0.15) is 26.3 Å². The highest BCUT2D eigenvalue weighted by molar-refractivity contribution is 5.80. The van der Waals surface area contributed by atoms with Crippen molar-refractivity contribution >= 4 is 11.0 Å². The number of hydrogen-bond donors (Lipinski definition) is 1. The van der Waals surface area contributed by atoms with E-state index in [2.05, 4.69) is 4.98 Å². The van der Waals surface area contributed by atoms with E-state index in [1.807, 2.05) is 0 Å². The minimum absolute atomic E-state index is 0.154. The molecule has 0 aliphatic carbocycles. The summed E-state index contributed by atoms with van der Waals surface area (Å²) >= 11 is 0. The lowest BCUT2D eigenvalue weighted by Gasteiger charge is -2.11. The van der Waals surface area contributed by atoms with Crippen LogP contribution in [0.25, 0.3) is 11.0 Å². The number of hydrogen-bond acceptors (Lipinski definition) is 1. The molecule has 1 aromatic carbocycles. The average molecular weight is 304 g/mol. The van der Waals surface area contributed by atoms with Crippen LogP contribution in [0.2, 0.25) is 0 Å². The number of imidazole rings is 1. The maximum atomic E-state index is 12.7. The fourth-order valence-corrected chi connectivity index (χ4v) is 1.62. The maximum Gasteiger partial charge on any atom is 0.418 e. The van der Waals surface area contributed by atoms with Gasteiger partial charge in [0.2, 0.25) is 0 Å². The van der Waals surface area contributed by atoms with Crippen molar-refractivity contribution in [1.82, 2.24) is 9.97 Å². The molecule has 0 atom stereocenters. The molecular weight excluding hydrogens is 300 g/mol. The van der Waals surface area contributed by atoms with E-state index >= 15 is 0 Å². The summed E-state index contributed by atoms with van der Waals surface area (Å²) in [5, 5.41) is 0. The zero-order valence-corrected chi connectivity index (χ0v) is 9.20.